The number of anilines is 1. The predicted molar refractivity (Wildman–Crippen MR) is 80.5 cm³/mol. The fraction of sp³-hybridized carbons (Fsp3) is 0.562. The lowest BCUT2D eigenvalue weighted by molar-refractivity contribution is -0.134. The molecule has 1 fully saturated rings. The van der Waals surface area contributed by atoms with Crippen molar-refractivity contribution >= 4 is 11.6 Å². The van der Waals surface area contributed by atoms with Crippen LogP contribution in [0.4, 0.5) is 5.69 Å². The minimum atomic E-state index is 0.0661. The molecule has 0 saturated heterocycles. The van der Waals surface area contributed by atoms with Crippen molar-refractivity contribution in [2.24, 2.45) is 5.92 Å². The number of para-hydroxylation sites is 2. The zero-order chi connectivity index (χ0) is 14.5. The summed E-state index contributed by atoms with van der Waals surface area (Å²) < 4.78 is 5.55. The SMILES string of the molecule is CC(C)CCN(C(=O)COc1ccccc1N)C1CC1. The van der Waals surface area contributed by atoms with Gasteiger partial charge in [-0.1, -0.05) is 26.0 Å². The molecule has 1 aromatic carbocycles. The van der Waals surface area contributed by atoms with Crippen LogP contribution in [-0.4, -0.2) is 30.0 Å². The zero-order valence-electron chi connectivity index (χ0n) is 12.3. The number of ether oxygens (including phenoxy) is 1. The van der Waals surface area contributed by atoms with Gasteiger partial charge in [0.2, 0.25) is 0 Å². The summed E-state index contributed by atoms with van der Waals surface area (Å²) in [5, 5.41) is 0. The van der Waals surface area contributed by atoms with E-state index in [2.05, 4.69) is 13.8 Å². The molecule has 0 bridgehead atoms. The third kappa shape index (κ3) is 4.15. The Labute approximate surface area is 120 Å². The summed E-state index contributed by atoms with van der Waals surface area (Å²) in [5.74, 6) is 1.26. The van der Waals surface area contributed by atoms with Crippen LogP contribution in [0.25, 0.3) is 0 Å². The van der Waals surface area contributed by atoms with Gasteiger partial charge in [-0.3, -0.25) is 4.79 Å². The van der Waals surface area contributed by atoms with Crippen molar-refractivity contribution in [1.29, 1.82) is 0 Å². The number of amides is 1. The van der Waals surface area contributed by atoms with Gasteiger partial charge in [-0.25, -0.2) is 0 Å². The molecule has 1 amide bonds. The maximum Gasteiger partial charge on any atom is 0.260 e. The van der Waals surface area contributed by atoms with Gasteiger partial charge in [-0.05, 0) is 37.3 Å². The number of nitrogen functional groups attached to an aromatic ring is 1. The number of carbonyl (C=O) groups excluding carboxylic acids is 1. The Morgan fingerprint density at radius 1 is 1.40 bits per heavy atom. The molecular weight excluding hydrogens is 252 g/mol. The minimum Gasteiger partial charge on any atom is -0.482 e. The van der Waals surface area contributed by atoms with Crippen molar-refractivity contribution in [1.82, 2.24) is 4.90 Å². The van der Waals surface area contributed by atoms with E-state index in [-0.39, 0.29) is 12.5 Å². The molecule has 0 aliphatic heterocycles. The van der Waals surface area contributed by atoms with E-state index in [0.29, 0.717) is 23.4 Å². The molecule has 1 aliphatic rings. The summed E-state index contributed by atoms with van der Waals surface area (Å²) in [6.45, 7) is 5.26. The summed E-state index contributed by atoms with van der Waals surface area (Å²) >= 11 is 0. The second kappa shape index (κ2) is 6.64. The monoisotopic (exact) mass is 276 g/mol. The second-order valence-electron chi connectivity index (χ2n) is 5.83. The van der Waals surface area contributed by atoms with Crippen molar-refractivity contribution < 1.29 is 9.53 Å². The number of benzene rings is 1. The van der Waals surface area contributed by atoms with E-state index in [0.717, 1.165) is 25.8 Å². The van der Waals surface area contributed by atoms with Crippen LogP contribution in [0.1, 0.15) is 33.1 Å². The molecule has 2 N–H and O–H groups in total. The molecule has 0 heterocycles. The first-order valence-electron chi connectivity index (χ1n) is 7.34. The van der Waals surface area contributed by atoms with Gasteiger partial charge in [0.15, 0.2) is 6.61 Å². The first-order chi connectivity index (χ1) is 9.58. The number of nitrogens with two attached hydrogens (primary N) is 1. The summed E-state index contributed by atoms with van der Waals surface area (Å²) in [4.78, 5) is 14.3. The highest BCUT2D eigenvalue weighted by Gasteiger charge is 2.32. The van der Waals surface area contributed by atoms with E-state index in [9.17, 15) is 4.79 Å². The smallest absolute Gasteiger partial charge is 0.260 e. The van der Waals surface area contributed by atoms with Gasteiger partial charge < -0.3 is 15.4 Å². The van der Waals surface area contributed by atoms with Crippen LogP contribution in [0.3, 0.4) is 0 Å². The summed E-state index contributed by atoms with van der Waals surface area (Å²) in [6.07, 6.45) is 3.28. The highest BCUT2D eigenvalue weighted by molar-refractivity contribution is 5.78. The molecule has 0 aromatic heterocycles. The molecule has 0 spiro atoms. The Morgan fingerprint density at radius 2 is 2.10 bits per heavy atom. The van der Waals surface area contributed by atoms with Gasteiger partial charge in [-0.2, -0.15) is 0 Å². The van der Waals surface area contributed by atoms with E-state index >= 15 is 0 Å². The minimum absolute atomic E-state index is 0.0661. The van der Waals surface area contributed by atoms with Crippen LogP contribution in [0, 0.1) is 5.92 Å². The van der Waals surface area contributed by atoms with Crippen LogP contribution >= 0.6 is 0 Å². The van der Waals surface area contributed by atoms with E-state index < -0.39 is 0 Å². The highest BCUT2D eigenvalue weighted by Crippen LogP contribution is 2.28. The van der Waals surface area contributed by atoms with Crippen LogP contribution in [0.2, 0.25) is 0 Å². The average Bonchev–Trinajstić information content (AvgIpc) is 3.22. The molecule has 1 aromatic rings. The van der Waals surface area contributed by atoms with E-state index in [1.165, 1.54) is 0 Å². The quantitative estimate of drug-likeness (QED) is 0.779. The number of hydrogen-bond acceptors (Lipinski definition) is 3. The molecule has 2 rings (SSSR count). The number of carbonyl (C=O) groups is 1. The lowest BCUT2D eigenvalue weighted by atomic mass is 10.1. The third-order valence-corrected chi connectivity index (χ3v) is 3.53. The Morgan fingerprint density at radius 3 is 2.70 bits per heavy atom. The fourth-order valence-corrected chi connectivity index (χ4v) is 2.13. The van der Waals surface area contributed by atoms with Gasteiger partial charge >= 0.3 is 0 Å². The van der Waals surface area contributed by atoms with Gasteiger partial charge in [-0.15, -0.1) is 0 Å². The van der Waals surface area contributed by atoms with Gasteiger partial charge in [0.05, 0.1) is 5.69 Å². The number of rotatable bonds is 7. The van der Waals surface area contributed by atoms with Crippen LogP contribution in [-0.2, 0) is 4.79 Å². The molecule has 0 radical (unpaired) electrons. The summed E-state index contributed by atoms with van der Waals surface area (Å²) in [5.41, 5.74) is 6.37. The topological polar surface area (TPSA) is 55.6 Å². The van der Waals surface area contributed by atoms with Crippen molar-refractivity contribution in [3.8, 4) is 5.75 Å². The molecule has 0 atom stereocenters. The molecule has 4 heteroatoms. The van der Waals surface area contributed by atoms with Crippen LogP contribution < -0.4 is 10.5 Å². The summed E-state index contributed by atoms with van der Waals surface area (Å²) in [7, 11) is 0. The molecule has 20 heavy (non-hydrogen) atoms. The molecular formula is C16H24N2O2. The summed E-state index contributed by atoms with van der Waals surface area (Å²) in [6, 6.07) is 7.70. The largest absolute Gasteiger partial charge is 0.482 e. The second-order valence-corrected chi connectivity index (χ2v) is 5.83. The number of hydrogen-bond donors (Lipinski definition) is 1. The number of nitrogens with zero attached hydrogens (tertiary/aromatic N) is 1. The van der Waals surface area contributed by atoms with Gasteiger partial charge in [0.25, 0.3) is 5.91 Å². The van der Waals surface area contributed by atoms with E-state index in [1.807, 2.05) is 17.0 Å². The molecule has 1 aliphatic carbocycles. The van der Waals surface area contributed by atoms with Crippen molar-refractivity contribution in [3.05, 3.63) is 24.3 Å². The first kappa shape index (κ1) is 14.7. The van der Waals surface area contributed by atoms with Gasteiger partial charge in [0, 0.05) is 12.6 Å². The normalized spacial score (nSPS) is 14.3. The van der Waals surface area contributed by atoms with Crippen molar-refractivity contribution in [2.75, 3.05) is 18.9 Å². The Balaban J connectivity index is 1.87. The fourth-order valence-electron chi connectivity index (χ4n) is 2.13. The van der Waals surface area contributed by atoms with Crippen LogP contribution in [0.5, 0.6) is 5.75 Å². The van der Waals surface area contributed by atoms with Crippen molar-refractivity contribution in [3.63, 3.8) is 0 Å². The Kier molecular flexibility index (Phi) is 4.88. The van der Waals surface area contributed by atoms with Crippen molar-refractivity contribution in [2.45, 2.75) is 39.2 Å². The highest BCUT2D eigenvalue weighted by atomic mass is 16.5. The molecule has 4 nitrogen and oxygen atoms in total. The van der Waals surface area contributed by atoms with E-state index in [4.69, 9.17) is 10.5 Å². The zero-order valence-corrected chi connectivity index (χ0v) is 12.3. The van der Waals surface area contributed by atoms with Gasteiger partial charge in [0.1, 0.15) is 5.75 Å². The Hall–Kier alpha value is -1.71. The predicted octanol–water partition coefficient (Wildman–Crippen LogP) is 2.68. The maximum absolute atomic E-state index is 12.3. The molecule has 0 unspecified atom stereocenters. The lowest BCUT2D eigenvalue weighted by Crippen LogP contribution is -2.38. The average molecular weight is 276 g/mol. The standard InChI is InChI=1S/C16H24N2O2/c1-12(2)9-10-18(13-7-8-13)16(19)11-20-15-6-4-3-5-14(15)17/h3-6,12-13H,7-11,17H2,1-2H3. The molecule has 110 valence electrons. The Bertz CT molecular complexity index is 456. The van der Waals surface area contributed by atoms with Crippen LogP contribution in [0.15, 0.2) is 24.3 Å². The maximum atomic E-state index is 12.3. The first-order valence-corrected chi connectivity index (χ1v) is 7.34. The third-order valence-electron chi connectivity index (χ3n) is 3.53. The molecule has 1 saturated carbocycles. The van der Waals surface area contributed by atoms with E-state index in [1.54, 1.807) is 12.1 Å². The lowest BCUT2D eigenvalue weighted by Gasteiger charge is -2.23.